The van der Waals surface area contributed by atoms with E-state index in [2.05, 4.69) is 4.98 Å². The third-order valence-electron chi connectivity index (χ3n) is 4.65. The lowest BCUT2D eigenvalue weighted by Gasteiger charge is -2.32. The first-order valence-corrected chi connectivity index (χ1v) is 8.67. The Morgan fingerprint density at radius 2 is 1.77 bits per heavy atom. The third-order valence-corrected chi connectivity index (χ3v) is 4.65. The lowest BCUT2D eigenvalue weighted by Crippen LogP contribution is -2.42. The Hall–Kier alpha value is -2.89. The first-order chi connectivity index (χ1) is 12.5. The van der Waals surface area contributed by atoms with Gasteiger partial charge in [-0.2, -0.15) is 0 Å². The summed E-state index contributed by atoms with van der Waals surface area (Å²) < 4.78 is 6.18. The number of carbonyl (C=O) groups is 2. The zero-order valence-corrected chi connectivity index (χ0v) is 14.9. The Morgan fingerprint density at radius 1 is 1.12 bits per heavy atom. The number of aromatic carboxylic acids is 1. The van der Waals surface area contributed by atoms with Gasteiger partial charge in [0.15, 0.2) is 0 Å². The van der Waals surface area contributed by atoms with Gasteiger partial charge in [-0.1, -0.05) is 18.2 Å². The zero-order valence-electron chi connectivity index (χ0n) is 14.9. The van der Waals surface area contributed by atoms with Crippen molar-refractivity contribution >= 4 is 11.9 Å². The van der Waals surface area contributed by atoms with Crippen LogP contribution in [0.2, 0.25) is 0 Å². The molecule has 3 rings (SSSR count). The van der Waals surface area contributed by atoms with Crippen LogP contribution in [0.3, 0.4) is 0 Å². The van der Waals surface area contributed by atoms with Gasteiger partial charge in [0.05, 0.1) is 5.56 Å². The first kappa shape index (κ1) is 17.9. The van der Waals surface area contributed by atoms with Crippen LogP contribution in [-0.2, 0) is 0 Å². The molecule has 1 aliphatic rings. The largest absolute Gasteiger partial charge is 0.490 e. The fourth-order valence-electron chi connectivity index (χ4n) is 3.16. The molecular formula is C20H22N2O4. The molecule has 26 heavy (non-hydrogen) atoms. The highest BCUT2D eigenvalue weighted by Crippen LogP contribution is 2.26. The predicted octanol–water partition coefficient (Wildman–Crippen LogP) is 3.08. The van der Waals surface area contributed by atoms with E-state index >= 15 is 0 Å². The highest BCUT2D eigenvalue weighted by Gasteiger charge is 2.25. The Kier molecular flexibility index (Phi) is 5.21. The fraction of sp³-hybridized carbons (Fsp3) is 0.350. The molecule has 1 aromatic carbocycles. The van der Waals surface area contributed by atoms with Gasteiger partial charge in [0, 0.05) is 32.1 Å². The zero-order chi connectivity index (χ0) is 18.7. The average molecular weight is 354 g/mol. The van der Waals surface area contributed by atoms with Gasteiger partial charge in [0.2, 0.25) is 0 Å². The number of aromatic nitrogens is 1. The molecule has 1 fully saturated rings. The van der Waals surface area contributed by atoms with Crippen molar-refractivity contribution in [3.63, 3.8) is 0 Å². The van der Waals surface area contributed by atoms with Gasteiger partial charge in [-0.25, -0.2) is 9.78 Å². The van der Waals surface area contributed by atoms with Crippen LogP contribution in [0, 0.1) is 13.8 Å². The second-order valence-electron chi connectivity index (χ2n) is 6.57. The van der Waals surface area contributed by atoms with Gasteiger partial charge in [-0.05, 0) is 37.1 Å². The number of carboxylic acid groups (broad SMARTS) is 1. The van der Waals surface area contributed by atoms with Crippen LogP contribution in [0.15, 0.2) is 36.5 Å². The summed E-state index contributed by atoms with van der Waals surface area (Å²) in [4.78, 5) is 29.0. The lowest BCUT2D eigenvalue weighted by atomic mass is 10.1. The smallest absolute Gasteiger partial charge is 0.354 e. The van der Waals surface area contributed by atoms with Crippen molar-refractivity contribution in [2.75, 3.05) is 13.1 Å². The van der Waals surface area contributed by atoms with Crippen molar-refractivity contribution in [2.24, 2.45) is 0 Å². The van der Waals surface area contributed by atoms with Crippen LogP contribution in [0.1, 0.15) is 44.8 Å². The van der Waals surface area contributed by atoms with E-state index in [0.717, 1.165) is 29.7 Å². The molecule has 0 spiro atoms. The van der Waals surface area contributed by atoms with E-state index in [-0.39, 0.29) is 17.7 Å². The molecule has 2 aromatic rings. The fourth-order valence-corrected chi connectivity index (χ4v) is 3.16. The number of nitrogens with zero attached hydrogens (tertiary/aromatic N) is 2. The topological polar surface area (TPSA) is 79.7 Å². The summed E-state index contributed by atoms with van der Waals surface area (Å²) in [5.41, 5.74) is 2.58. The number of hydrogen-bond donors (Lipinski definition) is 1. The van der Waals surface area contributed by atoms with E-state index in [1.807, 2.05) is 32.0 Å². The molecule has 1 aromatic heterocycles. The number of aryl methyl sites for hydroxylation is 2. The van der Waals surface area contributed by atoms with Crippen LogP contribution in [0.5, 0.6) is 5.75 Å². The van der Waals surface area contributed by atoms with E-state index in [1.54, 1.807) is 4.90 Å². The van der Waals surface area contributed by atoms with Crippen molar-refractivity contribution in [3.8, 4) is 5.75 Å². The maximum absolute atomic E-state index is 12.6. The number of ether oxygens (including phenoxy) is 1. The second-order valence-corrected chi connectivity index (χ2v) is 6.57. The number of rotatable bonds is 4. The highest BCUT2D eigenvalue weighted by atomic mass is 16.5. The van der Waals surface area contributed by atoms with Gasteiger partial charge in [-0.15, -0.1) is 0 Å². The van der Waals surface area contributed by atoms with E-state index < -0.39 is 5.97 Å². The molecule has 6 nitrogen and oxygen atoms in total. The molecule has 0 aliphatic carbocycles. The number of pyridine rings is 1. The minimum Gasteiger partial charge on any atom is -0.490 e. The number of para-hydroxylation sites is 1. The monoisotopic (exact) mass is 354 g/mol. The highest BCUT2D eigenvalue weighted by molar-refractivity contribution is 5.95. The summed E-state index contributed by atoms with van der Waals surface area (Å²) in [6.45, 7) is 5.29. The third kappa shape index (κ3) is 3.85. The minimum atomic E-state index is -1.10. The van der Waals surface area contributed by atoms with Crippen molar-refractivity contribution < 1.29 is 19.4 Å². The van der Waals surface area contributed by atoms with Crippen LogP contribution in [0.25, 0.3) is 0 Å². The summed E-state index contributed by atoms with van der Waals surface area (Å²) >= 11 is 0. The second kappa shape index (κ2) is 7.56. The number of hydrogen-bond acceptors (Lipinski definition) is 4. The Balaban J connectivity index is 1.59. The number of benzene rings is 1. The minimum absolute atomic E-state index is 0.0674. The number of piperidine rings is 1. The van der Waals surface area contributed by atoms with Crippen molar-refractivity contribution in [3.05, 3.63) is 58.9 Å². The molecule has 0 bridgehead atoms. The Labute approximate surface area is 152 Å². The molecule has 1 saturated heterocycles. The van der Waals surface area contributed by atoms with Crippen LogP contribution < -0.4 is 4.74 Å². The number of carbonyl (C=O) groups excluding carboxylic acids is 1. The molecule has 1 aliphatic heterocycles. The van der Waals surface area contributed by atoms with Crippen LogP contribution in [0.4, 0.5) is 0 Å². The van der Waals surface area contributed by atoms with Gasteiger partial charge in [0.1, 0.15) is 17.5 Å². The first-order valence-electron chi connectivity index (χ1n) is 8.67. The normalized spacial score (nSPS) is 14.9. The molecule has 1 amide bonds. The standard InChI is InChI=1S/C20H22N2O4/c1-13-4-3-5-14(2)18(13)26-16-8-10-22(11-9-16)19(23)15-6-7-17(20(24)25)21-12-15/h3-7,12,16H,8-11H2,1-2H3,(H,24,25). The van der Waals surface area contributed by atoms with Gasteiger partial charge in [0.25, 0.3) is 5.91 Å². The van der Waals surface area contributed by atoms with E-state index in [9.17, 15) is 9.59 Å². The molecule has 6 heteroatoms. The van der Waals surface area contributed by atoms with Crippen LogP contribution in [-0.4, -0.2) is 46.1 Å². The van der Waals surface area contributed by atoms with Crippen LogP contribution >= 0.6 is 0 Å². The molecule has 0 radical (unpaired) electrons. The molecule has 0 saturated carbocycles. The van der Waals surface area contributed by atoms with E-state index in [4.69, 9.17) is 9.84 Å². The molecule has 0 atom stereocenters. The summed E-state index contributed by atoms with van der Waals surface area (Å²) in [6, 6.07) is 8.95. The summed E-state index contributed by atoms with van der Waals surface area (Å²) in [7, 11) is 0. The Bertz CT molecular complexity index is 789. The molecule has 136 valence electrons. The maximum atomic E-state index is 12.6. The Morgan fingerprint density at radius 3 is 2.31 bits per heavy atom. The SMILES string of the molecule is Cc1cccc(C)c1OC1CCN(C(=O)c2ccc(C(=O)O)nc2)CC1. The van der Waals surface area contributed by atoms with Crippen molar-refractivity contribution in [2.45, 2.75) is 32.8 Å². The quantitative estimate of drug-likeness (QED) is 0.913. The summed E-state index contributed by atoms with van der Waals surface area (Å²) in [5.74, 6) is -0.292. The predicted molar refractivity (Wildman–Crippen MR) is 96.7 cm³/mol. The molecule has 1 N–H and O–H groups in total. The summed E-state index contributed by atoms with van der Waals surface area (Å²) in [6.07, 6.45) is 2.94. The van der Waals surface area contributed by atoms with Crippen molar-refractivity contribution in [1.29, 1.82) is 0 Å². The maximum Gasteiger partial charge on any atom is 0.354 e. The molecule has 2 heterocycles. The average Bonchev–Trinajstić information content (AvgIpc) is 2.65. The van der Waals surface area contributed by atoms with Gasteiger partial charge in [-0.3, -0.25) is 4.79 Å². The summed E-state index contributed by atoms with van der Waals surface area (Å²) in [5, 5.41) is 8.88. The van der Waals surface area contributed by atoms with Gasteiger partial charge >= 0.3 is 5.97 Å². The number of amides is 1. The van der Waals surface area contributed by atoms with Crippen molar-refractivity contribution in [1.82, 2.24) is 9.88 Å². The van der Waals surface area contributed by atoms with E-state index in [1.165, 1.54) is 18.3 Å². The molecule has 0 unspecified atom stereocenters. The lowest BCUT2D eigenvalue weighted by molar-refractivity contribution is 0.0590. The van der Waals surface area contributed by atoms with E-state index in [0.29, 0.717) is 18.7 Å². The van der Waals surface area contributed by atoms with Gasteiger partial charge < -0.3 is 14.7 Å². The molecular weight excluding hydrogens is 332 g/mol. The number of likely N-dealkylation sites (tertiary alicyclic amines) is 1. The number of carboxylic acids is 1.